The maximum Gasteiger partial charge on any atom is 0.119 e. The molecular weight excluding hydrogens is 244 g/mol. The molecule has 1 aromatic rings. The molecule has 0 saturated carbocycles. The summed E-state index contributed by atoms with van der Waals surface area (Å²) in [5.74, 6) is 0.686. The largest absolute Gasteiger partial charge is 0.491 e. The number of aliphatic hydroxyl groups is 2. The first-order chi connectivity index (χ1) is 8.19. The zero-order valence-electron chi connectivity index (χ0n) is 9.67. The van der Waals surface area contributed by atoms with Gasteiger partial charge in [-0.1, -0.05) is 12.1 Å². The molecule has 1 rings (SSSR count). The van der Waals surface area contributed by atoms with E-state index in [1.165, 1.54) is 0 Å². The Bertz CT molecular complexity index is 315. The third kappa shape index (κ3) is 4.52. The van der Waals surface area contributed by atoms with E-state index in [1.807, 2.05) is 0 Å². The van der Waals surface area contributed by atoms with E-state index in [1.54, 1.807) is 31.4 Å². The number of ether oxygens (including phenoxy) is 2. The Balaban J connectivity index is 2.55. The Labute approximate surface area is 106 Å². The minimum Gasteiger partial charge on any atom is -0.491 e. The van der Waals surface area contributed by atoms with Crippen LogP contribution in [0.5, 0.6) is 5.75 Å². The van der Waals surface area contributed by atoms with Crippen LogP contribution in [0.2, 0.25) is 0 Å². The summed E-state index contributed by atoms with van der Waals surface area (Å²) in [7, 11) is 1.61. The van der Waals surface area contributed by atoms with Gasteiger partial charge in [-0.2, -0.15) is 0 Å². The molecule has 1 aromatic carbocycles. The summed E-state index contributed by atoms with van der Waals surface area (Å²) in [6.45, 7) is 0.998. The first kappa shape index (κ1) is 14.3. The SMILES string of the molecule is COCCOc1ccc(C(O)C(O)CCl)cc1. The first-order valence-electron chi connectivity index (χ1n) is 5.33. The number of rotatable bonds is 7. The van der Waals surface area contributed by atoms with E-state index in [0.717, 1.165) is 0 Å². The van der Waals surface area contributed by atoms with Gasteiger partial charge in [-0.05, 0) is 17.7 Å². The van der Waals surface area contributed by atoms with Crippen molar-refractivity contribution in [1.82, 2.24) is 0 Å². The fraction of sp³-hybridized carbons (Fsp3) is 0.500. The predicted octanol–water partition coefficient (Wildman–Crippen LogP) is 1.34. The van der Waals surface area contributed by atoms with Crippen LogP contribution in [0.4, 0.5) is 0 Å². The third-order valence-electron chi connectivity index (χ3n) is 2.30. The molecule has 0 bridgehead atoms. The number of alkyl halides is 1. The van der Waals surface area contributed by atoms with Crippen molar-refractivity contribution >= 4 is 11.6 Å². The molecule has 17 heavy (non-hydrogen) atoms. The lowest BCUT2D eigenvalue weighted by molar-refractivity contribution is 0.0327. The molecule has 0 amide bonds. The highest BCUT2D eigenvalue weighted by atomic mass is 35.5. The van der Waals surface area contributed by atoms with E-state index in [0.29, 0.717) is 24.5 Å². The standard InChI is InChI=1S/C12H17ClO4/c1-16-6-7-17-10-4-2-9(3-5-10)12(15)11(14)8-13/h2-5,11-12,14-15H,6-8H2,1H3. The third-order valence-corrected chi connectivity index (χ3v) is 2.62. The molecule has 0 saturated heterocycles. The van der Waals surface area contributed by atoms with Crippen LogP contribution >= 0.6 is 11.6 Å². The topological polar surface area (TPSA) is 58.9 Å². The van der Waals surface area contributed by atoms with E-state index in [2.05, 4.69) is 0 Å². The molecule has 0 radical (unpaired) electrons. The smallest absolute Gasteiger partial charge is 0.119 e. The van der Waals surface area contributed by atoms with Crippen molar-refractivity contribution in [2.24, 2.45) is 0 Å². The quantitative estimate of drug-likeness (QED) is 0.574. The van der Waals surface area contributed by atoms with Crippen LogP contribution in [-0.2, 0) is 4.74 Å². The predicted molar refractivity (Wildman–Crippen MR) is 65.5 cm³/mol. The lowest BCUT2D eigenvalue weighted by Crippen LogP contribution is -2.19. The van der Waals surface area contributed by atoms with E-state index in [-0.39, 0.29) is 5.88 Å². The summed E-state index contributed by atoms with van der Waals surface area (Å²) in [5.41, 5.74) is 0.609. The van der Waals surface area contributed by atoms with Gasteiger partial charge in [-0.15, -0.1) is 11.6 Å². The monoisotopic (exact) mass is 260 g/mol. The Kier molecular flexibility index (Phi) is 6.29. The number of methoxy groups -OCH3 is 1. The Morgan fingerprint density at radius 2 is 1.82 bits per heavy atom. The van der Waals surface area contributed by atoms with Gasteiger partial charge in [0.2, 0.25) is 0 Å². The van der Waals surface area contributed by atoms with E-state index in [9.17, 15) is 10.2 Å². The molecule has 2 N–H and O–H groups in total. The fourth-order valence-electron chi connectivity index (χ4n) is 1.31. The summed E-state index contributed by atoms with van der Waals surface area (Å²) < 4.78 is 10.2. The van der Waals surface area contributed by atoms with Crippen LogP contribution in [-0.4, -0.2) is 42.5 Å². The van der Waals surface area contributed by atoms with Crippen molar-refractivity contribution in [2.75, 3.05) is 26.2 Å². The van der Waals surface area contributed by atoms with Gasteiger partial charge in [0.15, 0.2) is 0 Å². The molecule has 5 heteroatoms. The molecule has 0 aromatic heterocycles. The summed E-state index contributed by atoms with van der Waals surface area (Å²) in [4.78, 5) is 0. The van der Waals surface area contributed by atoms with Gasteiger partial charge < -0.3 is 19.7 Å². The summed E-state index contributed by atoms with van der Waals surface area (Å²) >= 11 is 5.46. The van der Waals surface area contributed by atoms with Gasteiger partial charge in [-0.3, -0.25) is 0 Å². The van der Waals surface area contributed by atoms with Crippen LogP contribution < -0.4 is 4.74 Å². The van der Waals surface area contributed by atoms with Crippen LogP contribution in [0, 0.1) is 0 Å². The van der Waals surface area contributed by atoms with Crippen molar-refractivity contribution in [3.63, 3.8) is 0 Å². The number of hydrogen-bond donors (Lipinski definition) is 2. The number of halogens is 1. The highest BCUT2D eigenvalue weighted by Crippen LogP contribution is 2.20. The van der Waals surface area contributed by atoms with Gasteiger partial charge >= 0.3 is 0 Å². The average molecular weight is 261 g/mol. The number of aliphatic hydroxyl groups excluding tert-OH is 2. The first-order valence-corrected chi connectivity index (χ1v) is 5.86. The Hall–Kier alpha value is -0.810. The second-order valence-electron chi connectivity index (χ2n) is 3.58. The molecule has 0 heterocycles. The lowest BCUT2D eigenvalue weighted by Gasteiger charge is -2.16. The second kappa shape index (κ2) is 7.50. The highest BCUT2D eigenvalue weighted by Gasteiger charge is 2.16. The van der Waals surface area contributed by atoms with Gasteiger partial charge in [0.25, 0.3) is 0 Å². The molecule has 96 valence electrons. The summed E-state index contributed by atoms with van der Waals surface area (Å²) in [6, 6.07) is 6.86. The van der Waals surface area contributed by atoms with E-state index in [4.69, 9.17) is 21.1 Å². The van der Waals surface area contributed by atoms with Crippen molar-refractivity contribution < 1.29 is 19.7 Å². The van der Waals surface area contributed by atoms with Crippen LogP contribution in [0.1, 0.15) is 11.7 Å². The molecule has 2 unspecified atom stereocenters. The van der Waals surface area contributed by atoms with Gasteiger partial charge in [0.05, 0.1) is 18.6 Å². The minimum absolute atomic E-state index is 0.00669. The maximum absolute atomic E-state index is 9.70. The molecule has 0 aliphatic rings. The van der Waals surface area contributed by atoms with E-state index < -0.39 is 12.2 Å². The van der Waals surface area contributed by atoms with Crippen molar-refractivity contribution in [3.8, 4) is 5.75 Å². The summed E-state index contributed by atoms with van der Waals surface area (Å²) in [6.07, 6.45) is -1.93. The summed E-state index contributed by atoms with van der Waals surface area (Å²) in [5, 5.41) is 19.1. The molecule has 0 aliphatic carbocycles. The lowest BCUT2D eigenvalue weighted by atomic mass is 10.1. The zero-order chi connectivity index (χ0) is 12.7. The van der Waals surface area contributed by atoms with Gasteiger partial charge in [-0.25, -0.2) is 0 Å². The average Bonchev–Trinajstić information content (AvgIpc) is 2.38. The molecular formula is C12H17ClO4. The second-order valence-corrected chi connectivity index (χ2v) is 3.89. The molecule has 0 spiro atoms. The number of benzene rings is 1. The molecule has 4 nitrogen and oxygen atoms in total. The normalized spacial score (nSPS) is 14.4. The van der Waals surface area contributed by atoms with Crippen LogP contribution in [0.25, 0.3) is 0 Å². The van der Waals surface area contributed by atoms with Gasteiger partial charge in [0.1, 0.15) is 18.5 Å². The fourth-order valence-corrected chi connectivity index (χ4v) is 1.48. The van der Waals surface area contributed by atoms with Crippen LogP contribution in [0.15, 0.2) is 24.3 Å². The Morgan fingerprint density at radius 1 is 1.18 bits per heavy atom. The number of hydrogen-bond acceptors (Lipinski definition) is 4. The molecule has 0 fully saturated rings. The van der Waals surface area contributed by atoms with E-state index >= 15 is 0 Å². The molecule has 2 atom stereocenters. The van der Waals surface area contributed by atoms with Crippen molar-refractivity contribution in [2.45, 2.75) is 12.2 Å². The van der Waals surface area contributed by atoms with Crippen molar-refractivity contribution in [1.29, 1.82) is 0 Å². The Morgan fingerprint density at radius 3 is 2.35 bits per heavy atom. The highest BCUT2D eigenvalue weighted by molar-refractivity contribution is 6.18. The minimum atomic E-state index is -0.972. The van der Waals surface area contributed by atoms with Crippen LogP contribution in [0.3, 0.4) is 0 Å². The van der Waals surface area contributed by atoms with Gasteiger partial charge in [0, 0.05) is 7.11 Å². The molecule has 0 aliphatic heterocycles. The zero-order valence-corrected chi connectivity index (χ0v) is 10.4. The van der Waals surface area contributed by atoms with Crippen molar-refractivity contribution in [3.05, 3.63) is 29.8 Å². The maximum atomic E-state index is 9.70.